The van der Waals surface area contributed by atoms with E-state index in [0.717, 1.165) is 10.8 Å². The van der Waals surface area contributed by atoms with E-state index in [2.05, 4.69) is 24.1 Å². The summed E-state index contributed by atoms with van der Waals surface area (Å²) in [6.07, 6.45) is 1.69. The number of thioether (sulfide) groups is 1. The van der Waals surface area contributed by atoms with Crippen LogP contribution in [-0.2, 0) is 0 Å². The molecule has 4 heteroatoms. The quantitative estimate of drug-likeness (QED) is 0.806. The predicted octanol–water partition coefficient (Wildman–Crippen LogP) is 3.07. The van der Waals surface area contributed by atoms with E-state index in [4.69, 9.17) is 11.6 Å². The zero-order valence-electron chi connectivity index (χ0n) is 9.33. The third-order valence-corrected chi connectivity index (χ3v) is 3.57. The third-order valence-electron chi connectivity index (χ3n) is 2.29. The van der Waals surface area contributed by atoms with E-state index >= 15 is 0 Å². The molecule has 1 aromatic rings. The van der Waals surface area contributed by atoms with Crippen LogP contribution in [0.5, 0.6) is 0 Å². The molecule has 0 fully saturated rings. The Hall–Kier alpha value is -0.250. The van der Waals surface area contributed by atoms with Crippen molar-refractivity contribution in [3.05, 3.63) is 23.4 Å². The number of nitrogens with one attached hydrogen (secondary N) is 1. The van der Waals surface area contributed by atoms with Crippen LogP contribution in [0.3, 0.4) is 0 Å². The van der Waals surface area contributed by atoms with Gasteiger partial charge in [0.2, 0.25) is 0 Å². The molecule has 84 valence electrons. The van der Waals surface area contributed by atoms with E-state index in [1.54, 1.807) is 18.0 Å². The Morgan fingerprint density at radius 3 is 2.67 bits per heavy atom. The molecule has 1 unspecified atom stereocenters. The molecule has 1 heterocycles. The van der Waals surface area contributed by atoms with Crippen LogP contribution in [-0.4, -0.2) is 23.8 Å². The number of nitrogens with zero attached hydrogens (tertiary/aromatic N) is 1. The summed E-state index contributed by atoms with van der Waals surface area (Å²) in [6.45, 7) is 4.44. The van der Waals surface area contributed by atoms with Crippen LogP contribution in [0.2, 0.25) is 5.02 Å². The summed E-state index contributed by atoms with van der Waals surface area (Å²) < 4.78 is 0. The van der Waals surface area contributed by atoms with Crippen LogP contribution in [0, 0.1) is 5.92 Å². The van der Waals surface area contributed by atoms with Gasteiger partial charge in [-0.15, -0.1) is 11.8 Å². The van der Waals surface area contributed by atoms with Crippen molar-refractivity contribution in [2.24, 2.45) is 5.92 Å². The fourth-order valence-corrected chi connectivity index (χ4v) is 2.54. The van der Waals surface area contributed by atoms with Gasteiger partial charge >= 0.3 is 0 Å². The van der Waals surface area contributed by atoms with Crippen molar-refractivity contribution in [1.82, 2.24) is 10.3 Å². The average molecular weight is 245 g/mol. The third kappa shape index (κ3) is 4.41. The minimum atomic E-state index is 0.521. The number of hydrogen-bond acceptors (Lipinski definition) is 3. The Kier molecular flexibility index (Phi) is 5.43. The van der Waals surface area contributed by atoms with E-state index in [1.807, 2.05) is 19.2 Å². The van der Waals surface area contributed by atoms with Crippen LogP contribution in [0.25, 0.3) is 0 Å². The van der Waals surface area contributed by atoms with Crippen LogP contribution in [0.1, 0.15) is 13.8 Å². The summed E-state index contributed by atoms with van der Waals surface area (Å²) in [4.78, 5) is 4.25. The molecule has 1 atom stereocenters. The van der Waals surface area contributed by atoms with E-state index in [9.17, 15) is 0 Å². The Bertz CT molecular complexity index is 287. The standard InChI is InChI=1S/C11H17ClN2S/c1-8(2)10(13-3)7-15-11-5-4-9(12)6-14-11/h4-6,8,10,13H,7H2,1-3H3. The molecule has 1 rings (SSSR count). The minimum Gasteiger partial charge on any atom is -0.316 e. The number of hydrogen-bond donors (Lipinski definition) is 1. The van der Waals surface area contributed by atoms with Crippen LogP contribution < -0.4 is 5.32 Å². The first kappa shape index (κ1) is 12.8. The van der Waals surface area contributed by atoms with Gasteiger partial charge in [-0.25, -0.2) is 4.98 Å². The van der Waals surface area contributed by atoms with Crippen molar-refractivity contribution in [1.29, 1.82) is 0 Å². The molecule has 0 bridgehead atoms. The van der Waals surface area contributed by atoms with E-state index in [1.165, 1.54) is 0 Å². The van der Waals surface area contributed by atoms with Crippen LogP contribution in [0.15, 0.2) is 23.4 Å². The van der Waals surface area contributed by atoms with Gasteiger partial charge in [0.1, 0.15) is 0 Å². The summed E-state index contributed by atoms with van der Waals surface area (Å²) in [7, 11) is 2.00. The molecule has 0 aliphatic rings. The lowest BCUT2D eigenvalue weighted by molar-refractivity contribution is 0.465. The van der Waals surface area contributed by atoms with Crippen molar-refractivity contribution in [2.45, 2.75) is 24.9 Å². The first-order chi connectivity index (χ1) is 7.13. The van der Waals surface area contributed by atoms with Gasteiger partial charge in [0.25, 0.3) is 0 Å². The molecule has 0 aliphatic heterocycles. The van der Waals surface area contributed by atoms with Crippen molar-refractivity contribution < 1.29 is 0 Å². The summed E-state index contributed by atoms with van der Waals surface area (Å²) in [5.74, 6) is 1.66. The molecule has 15 heavy (non-hydrogen) atoms. The highest BCUT2D eigenvalue weighted by Crippen LogP contribution is 2.19. The number of halogens is 1. The maximum absolute atomic E-state index is 5.77. The molecule has 0 spiro atoms. The molecular weight excluding hydrogens is 228 g/mol. The topological polar surface area (TPSA) is 24.9 Å². The van der Waals surface area contributed by atoms with Gasteiger partial charge in [0, 0.05) is 18.0 Å². The maximum atomic E-state index is 5.77. The second kappa shape index (κ2) is 6.36. The zero-order chi connectivity index (χ0) is 11.3. The SMILES string of the molecule is CNC(CSc1ccc(Cl)cn1)C(C)C. The van der Waals surface area contributed by atoms with Gasteiger partial charge in [-0.05, 0) is 25.1 Å². The highest BCUT2D eigenvalue weighted by Gasteiger charge is 2.11. The maximum Gasteiger partial charge on any atom is 0.0961 e. The summed E-state index contributed by atoms with van der Waals surface area (Å²) in [6, 6.07) is 4.35. The van der Waals surface area contributed by atoms with Crippen LogP contribution >= 0.6 is 23.4 Å². The van der Waals surface area contributed by atoms with E-state index in [0.29, 0.717) is 17.0 Å². The molecule has 0 saturated carbocycles. The molecule has 0 amide bonds. The second-order valence-corrected chi connectivity index (χ2v) is 5.24. The lowest BCUT2D eigenvalue weighted by Gasteiger charge is -2.19. The molecule has 0 saturated heterocycles. The van der Waals surface area contributed by atoms with Crippen molar-refractivity contribution >= 4 is 23.4 Å². The average Bonchev–Trinajstić information content (AvgIpc) is 2.21. The van der Waals surface area contributed by atoms with Crippen molar-refractivity contribution in [3.8, 4) is 0 Å². The highest BCUT2D eigenvalue weighted by molar-refractivity contribution is 7.99. The van der Waals surface area contributed by atoms with Gasteiger partial charge < -0.3 is 5.32 Å². The molecule has 0 aliphatic carbocycles. The molecule has 1 N–H and O–H groups in total. The molecule has 2 nitrogen and oxygen atoms in total. The monoisotopic (exact) mass is 244 g/mol. The van der Waals surface area contributed by atoms with Gasteiger partial charge in [-0.1, -0.05) is 25.4 Å². The lowest BCUT2D eigenvalue weighted by Crippen LogP contribution is -2.32. The van der Waals surface area contributed by atoms with E-state index < -0.39 is 0 Å². The van der Waals surface area contributed by atoms with E-state index in [-0.39, 0.29) is 0 Å². The summed E-state index contributed by atoms with van der Waals surface area (Å²) in [5.41, 5.74) is 0. The fraction of sp³-hybridized carbons (Fsp3) is 0.545. The Labute approximate surface area is 101 Å². The minimum absolute atomic E-state index is 0.521. The smallest absolute Gasteiger partial charge is 0.0961 e. The highest BCUT2D eigenvalue weighted by atomic mass is 35.5. The predicted molar refractivity (Wildman–Crippen MR) is 67.7 cm³/mol. The normalized spacial score (nSPS) is 13.1. The molecular formula is C11H17ClN2S. The number of aromatic nitrogens is 1. The number of rotatable bonds is 5. The van der Waals surface area contributed by atoms with Gasteiger partial charge in [0.15, 0.2) is 0 Å². The van der Waals surface area contributed by atoms with Crippen LogP contribution in [0.4, 0.5) is 0 Å². The van der Waals surface area contributed by atoms with Gasteiger partial charge in [0.05, 0.1) is 10.0 Å². The Morgan fingerprint density at radius 1 is 1.47 bits per heavy atom. The molecule has 0 radical (unpaired) electrons. The molecule has 1 aromatic heterocycles. The number of pyridine rings is 1. The summed E-state index contributed by atoms with van der Waals surface area (Å²) >= 11 is 7.53. The van der Waals surface area contributed by atoms with Gasteiger partial charge in [-0.2, -0.15) is 0 Å². The molecule has 0 aromatic carbocycles. The lowest BCUT2D eigenvalue weighted by atomic mass is 10.1. The van der Waals surface area contributed by atoms with Gasteiger partial charge in [-0.3, -0.25) is 0 Å². The second-order valence-electron chi connectivity index (χ2n) is 3.76. The first-order valence-electron chi connectivity index (χ1n) is 5.05. The fourth-order valence-electron chi connectivity index (χ4n) is 1.23. The largest absolute Gasteiger partial charge is 0.316 e. The first-order valence-corrected chi connectivity index (χ1v) is 6.41. The Balaban J connectivity index is 2.45. The Morgan fingerprint density at radius 2 is 2.20 bits per heavy atom. The van der Waals surface area contributed by atoms with Crippen molar-refractivity contribution in [3.63, 3.8) is 0 Å². The summed E-state index contributed by atoms with van der Waals surface area (Å²) in [5, 5.41) is 5.02. The zero-order valence-corrected chi connectivity index (χ0v) is 10.9. The van der Waals surface area contributed by atoms with Crippen molar-refractivity contribution in [2.75, 3.05) is 12.8 Å².